The minimum Gasteiger partial charge on any atom is -0.461 e. The summed E-state index contributed by atoms with van der Waals surface area (Å²) in [5, 5.41) is 4.03. The Morgan fingerprint density at radius 2 is 1.72 bits per heavy atom. The number of nitrogens with zero attached hydrogens (tertiary/aromatic N) is 1. The molecule has 25 heavy (non-hydrogen) atoms. The van der Waals surface area contributed by atoms with E-state index in [9.17, 15) is 4.79 Å². The molecule has 4 rings (SSSR count). The summed E-state index contributed by atoms with van der Waals surface area (Å²) in [6.45, 7) is 0.540. The second-order valence-electron chi connectivity index (χ2n) is 5.89. The van der Waals surface area contributed by atoms with Crippen LogP contribution in [0.1, 0.15) is 16.1 Å². The summed E-state index contributed by atoms with van der Waals surface area (Å²) in [6, 6.07) is 21.4. The van der Waals surface area contributed by atoms with Crippen molar-refractivity contribution >= 4 is 16.9 Å². The molecule has 1 N–H and O–H groups in total. The number of carbonyl (C=O) groups excluding carboxylic acids is 1. The lowest BCUT2D eigenvalue weighted by Gasteiger charge is -2.06. The quantitative estimate of drug-likeness (QED) is 0.596. The zero-order valence-corrected chi connectivity index (χ0v) is 13.7. The number of amides is 1. The van der Waals surface area contributed by atoms with E-state index in [0.29, 0.717) is 18.5 Å². The molecule has 0 bridgehead atoms. The monoisotopic (exact) mass is 330 g/mol. The average Bonchev–Trinajstić information content (AvgIpc) is 3.31. The van der Waals surface area contributed by atoms with E-state index in [-0.39, 0.29) is 5.91 Å². The minimum absolute atomic E-state index is 0.0739. The number of benzene rings is 2. The first-order chi connectivity index (χ1) is 12.3. The molecule has 2 aromatic heterocycles. The Morgan fingerprint density at radius 1 is 0.960 bits per heavy atom. The summed E-state index contributed by atoms with van der Waals surface area (Å²) in [4.78, 5) is 12.3. The highest BCUT2D eigenvalue weighted by Gasteiger charge is 2.07. The molecule has 0 fully saturated rings. The van der Waals surface area contributed by atoms with E-state index in [1.165, 1.54) is 0 Å². The molecule has 0 atom stereocenters. The molecule has 124 valence electrons. The Balaban J connectivity index is 1.35. The number of nitrogens with one attached hydrogen (secondary N) is 1. The van der Waals surface area contributed by atoms with Gasteiger partial charge in [-0.05, 0) is 48.5 Å². The van der Waals surface area contributed by atoms with Crippen molar-refractivity contribution in [1.29, 1.82) is 0 Å². The Kier molecular flexibility index (Phi) is 4.09. The van der Waals surface area contributed by atoms with Gasteiger partial charge in [-0.2, -0.15) is 0 Å². The van der Waals surface area contributed by atoms with Gasteiger partial charge in [-0.3, -0.25) is 4.79 Å². The van der Waals surface area contributed by atoms with Gasteiger partial charge in [0.15, 0.2) is 0 Å². The van der Waals surface area contributed by atoms with E-state index < -0.39 is 0 Å². The van der Waals surface area contributed by atoms with Crippen molar-refractivity contribution in [3.63, 3.8) is 0 Å². The molecule has 0 aliphatic heterocycles. The standard InChI is InChI=1S/C21H18N2O2/c24-21(16-7-9-18(10-8-16)23-13-3-4-14-23)22-12-11-19-15-17-5-1-2-6-20(17)25-19/h1-10,13-15H,11-12H2,(H,22,24). The number of furan rings is 1. The number of carbonyl (C=O) groups is 1. The number of hydrogen-bond donors (Lipinski definition) is 1. The van der Waals surface area contributed by atoms with E-state index in [0.717, 1.165) is 22.4 Å². The van der Waals surface area contributed by atoms with Crippen molar-refractivity contribution < 1.29 is 9.21 Å². The summed E-state index contributed by atoms with van der Waals surface area (Å²) in [7, 11) is 0. The highest BCUT2D eigenvalue weighted by Crippen LogP contribution is 2.18. The average molecular weight is 330 g/mol. The van der Waals surface area contributed by atoms with Crippen LogP contribution < -0.4 is 5.32 Å². The number of para-hydroxylation sites is 1. The van der Waals surface area contributed by atoms with Gasteiger partial charge in [0, 0.05) is 42.0 Å². The summed E-state index contributed by atoms with van der Waals surface area (Å²) >= 11 is 0. The second-order valence-corrected chi connectivity index (χ2v) is 5.89. The van der Waals surface area contributed by atoms with Crippen LogP contribution in [0.25, 0.3) is 16.7 Å². The fourth-order valence-electron chi connectivity index (χ4n) is 2.85. The van der Waals surface area contributed by atoms with Crippen LogP contribution in [0.4, 0.5) is 0 Å². The molecule has 0 saturated carbocycles. The topological polar surface area (TPSA) is 47.2 Å². The third kappa shape index (κ3) is 3.33. The van der Waals surface area contributed by atoms with Crippen LogP contribution >= 0.6 is 0 Å². The van der Waals surface area contributed by atoms with Crippen LogP contribution in [0.5, 0.6) is 0 Å². The maximum absolute atomic E-state index is 12.3. The van der Waals surface area contributed by atoms with Crippen molar-refractivity contribution in [3.8, 4) is 5.69 Å². The number of fused-ring (bicyclic) bond motifs is 1. The Labute approximate surface area is 145 Å². The lowest BCUT2D eigenvalue weighted by molar-refractivity contribution is 0.0954. The maximum atomic E-state index is 12.3. The van der Waals surface area contributed by atoms with Gasteiger partial charge in [0.05, 0.1) is 0 Å². The predicted octanol–water partition coefficient (Wildman–Crippen LogP) is 4.20. The fraction of sp³-hybridized carbons (Fsp3) is 0.0952. The van der Waals surface area contributed by atoms with Crippen LogP contribution in [0.2, 0.25) is 0 Å². The van der Waals surface area contributed by atoms with E-state index in [1.807, 2.05) is 83.7 Å². The molecule has 4 heteroatoms. The van der Waals surface area contributed by atoms with Crippen LogP contribution in [-0.2, 0) is 6.42 Å². The van der Waals surface area contributed by atoms with Gasteiger partial charge in [0.2, 0.25) is 0 Å². The normalized spacial score (nSPS) is 10.9. The molecule has 0 radical (unpaired) electrons. The van der Waals surface area contributed by atoms with Crippen LogP contribution in [0, 0.1) is 0 Å². The summed E-state index contributed by atoms with van der Waals surface area (Å²) in [6.07, 6.45) is 4.62. The van der Waals surface area contributed by atoms with Gasteiger partial charge >= 0.3 is 0 Å². The highest BCUT2D eigenvalue weighted by molar-refractivity contribution is 5.94. The highest BCUT2D eigenvalue weighted by atomic mass is 16.3. The molecule has 1 amide bonds. The second kappa shape index (κ2) is 6.69. The van der Waals surface area contributed by atoms with Crippen LogP contribution in [0.15, 0.2) is 83.5 Å². The maximum Gasteiger partial charge on any atom is 0.251 e. The van der Waals surface area contributed by atoms with Crippen LogP contribution in [-0.4, -0.2) is 17.0 Å². The summed E-state index contributed by atoms with van der Waals surface area (Å²) in [5.41, 5.74) is 2.56. The van der Waals surface area contributed by atoms with Crippen molar-refractivity contribution in [3.05, 3.63) is 90.4 Å². The van der Waals surface area contributed by atoms with Crippen molar-refractivity contribution in [1.82, 2.24) is 9.88 Å². The SMILES string of the molecule is O=C(NCCc1cc2ccccc2o1)c1ccc(-n2cccc2)cc1. The van der Waals surface area contributed by atoms with Gasteiger partial charge in [-0.25, -0.2) is 0 Å². The molecule has 2 heterocycles. The predicted molar refractivity (Wildman–Crippen MR) is 98.0 cm³/mol. The minimum atomic E-state index is -0.0739. The van der Waals surface area contributed by atoms with Crippen molar-refractivity contribution in [2.45, 2.75) is 6.42 Å². The summed E-state index contributed by atoms with van der Waals surface area (Å²) in [5.74, 6) is 0.805. The number of aromatic nitrogens is 1. The lowest BCUT2D eigenvalue weighted by Crippen LogP contribution is -2.25. The molecule has 0 unspecified atom stereocenters. The van der Waals surface area contributed by atoms with E-state index in [2.05, 4.69) is 5.32 Å². The molecule has 4 nitrogen and oxygen atoms in total. The summed E-state index contributed by atoms with van der Waals surface area (Å²) < 4.78 is 7.76. The van der Waals surface area contributed by atoms with Crippen molar-refractivity contribution in [2.24, 2.45) is 0 Å². The van der Waals surface area contributed by atoms with Gasteiger partial charge in [-0.1, -0.05) is 18.2 Å². The first-order valence-electron chi connectivity index (χ1n) is 8.29. The number of rotatable bonds is 5. The third-order valence-corrected chi connectivity index (χ3v) is 4.17. The zero-order chi connectivity index (χ0) is 17.1. The van der Waals surface area contributed by atoms with Gasteiger partial charge in [0.1, 0.15) is 11.3 Å². The van der Waals surface area contributed by atoms with E-state index in [4.69, 9.17) is 4.42 Å². The first kappa shape index (κ1) is 15.3. The molecule has 0 aliphatic rings. The lowest BCUT2D eigenvalue weighted by atomic mass is 10.2. The molecular weight excluding hydrogens is 312 g/mol. The Hall–Kier alpha value is -3.27. The molecule has 0 spiro atoms. The Bertz CT molecular complexity index is 949. The van der Waals surface area contributed by atoms with E-state index >= 15 is 0 Å². The first-order valence-corrected chi connectivity index (χ1v) is 8.29. The smallest absolute Gasteiger partial charge is 0.251 e. The van der Waals surface area contributed by atoms with Crippen molar-refractivity contribution in [2.75, 3.05) is 6.54 Å². The van der Waals surface area contributed by atoms with E-state index in [1.54, 1.807) is 0 Å². The molecular formula is C21H18N2O2. The Morgan fingerprint density at radius 3 is 2.48 bits per heavy atom. The third-order valence-electron chi connectivity index (χ3n) is 4.17. The largest absolute Gasteiger partial charge is 0.461 e. The molecule has 4 aromatic rings. The zero-order valence-electron chi connectivity index (χ0n) is 13.7. The number of hydrogen-bond acceptors (Lipinski definition) is 2. The fourth-order valence-corrected chi connectivity index (χ4v) is 2.85. The van der Waals surface area contributed by atoms with Gasteiger partial charge in [-0.15, -0.1) is 0 Å². The van der Waals surface area contributed by atoms with Crippen LogP contribution in [0.3, 0.4) is 0 Å². The molecule has 2 aromatic carbocycles. The van der Waals surface area contributed by atoms with Gasteiger partial charge in [0.25, 0.3) is 5.91 Å². The van der Waals surface area contributed by atoms with Gasteiger partial charge < -0.3 is 14.3 Å². The molecule has 0 aliphatic carbocycles. The molecule has 0 saturated heterocycles.